The van der Waals surface area contributed by atoms with Crippen molar-refractivity contribution < 1.29 is 12.6 Å². The standard InChI is InChI=1S/C16H14Cl4O3S/c17-12-6-3-5-11(8-12)4-1-2-7-24(21,22)23-16-14(19)9-13(18)10-15(16)20/h3,5-6,8-10H,1-2,4,7H2. The molecular formula is C16H14Cl4O3S. The summed E-state index contributed by atoms with van der Waals surface area (Å²) in [6.45, 7) is 0. The molecule has 0 heterocycles. The first-order valence-corrected chi connectivity index (χ1v) is 10.2. The van der Waals surface area contributed by atoms with Crippen LogP contribution < -0.4 is 4.18 Å². The summed E-state index contributed by atoms with van der Waals surface area (Å²) in [5.41, 5.74) is 1.06. The first-order chi connectivity index (χ1) is 11.3. The molecule has 2 aromatic carbocycles. The second kappa shape index (κ2) is 8.63. The number of hydrogen-bond acceptors (Lipinski definition) is 3. The molecule has 2 rings (SSSR count). The van der Waals surface area contributed by atoms with E-state index in [1.165, 1.54) is 12.1 Å². The summed E-state index contributed by atoms with van der Waals surface area (Å²) >= 11 is 23.5. The molecule has 0 saturated carbocycles. The van der Waals surface area contributed by atoms with Crippen molar-refractivity contribution in [1.82, 2.24) is 0 Å². The first kappa shape index (κ1) is 19.7. The van der Waals surface area contributed by atoms with E-state index in [1.807, 2.05) is 18.2 Å². The number of benzene rings is 2. The van der Waals surface area contributed by atoms with Gasteiger partial charge in [-0.15, -0.1) is 0 Å². The van der Waals surface area contributed by atoms with Gasteiger partial charge in [-0.3, -0.25) is 0 Å². The Morgan fingerprint density at radius 1 is 0.875 bits per heavy atom. The molecule has 0 aliphatic carbocycles. The Balaban J connectivity index is 1.90. The molecule has 8 heteroatoms. The molecule has 130 valence electrons. The zero-order chi connectivity index (χ0) is 17.7. The molecule has 0 N–H and O–H groups in total. The third kappa shape index (κ3) is 6.01. The zero-order valence-electron chi connectivity index (χ0n) is 12.4. The molecule has 24 heavy (non-hydrogen) atoms. The van der Waals surface area contributed by atoms with Crippen molar-refractivity contribution in [1.29, 1.82) is 0 Å². The third-order valence-electron chi connectivity index (χ3n) is 3.17. The maximum atomic E-state index is 12.1. The highest BCUT2D eigenvalue weighted by Crippen LogP contribution is 2.36. The van der Waals surface area contributed by atoms with E-state index >= 15 is 0 Å². The van der Waals surface area contributed by atoms with E-state index in [0.717, 1.165) is 12.0 Å². The highest BCUT2D eigenvalue weighted by molar-refractivity contribution is 7.87. The molecule has 0 bridgehead atoms. The molecular weight excluding hydrogens is 414 g/mol. The highest BCUT2D eigenvalue weighted by Gasteiger charge is 2.18. The van der Waals surface area contributed by atoms with E-state index in [9.17, 15) is 8.42 Å². The summed E-state index contributed by atoms with van der Waals surface area (Å²) in [5.74, 6) is -0.236. The van der Waals surface area contributed by atoms with Gasteiger partial charge in [0, 0.05) is 10.0 Å². The van der Waals surface area contributed by atoms with Gasteiger partial charge in [-0.25, -0.2) is 0 Å². The van der Waals surface area contributed by atoms with Gasteiger partial charge < -0.3 is 4.18 Å². The lowest BCUT2D eigenvalue weighted by Gasteiger charge is -2.10. The predicted octanol–water partition coefficient (Wildman–Crippen LogP) is 6.03. The molecule has 0 aromatic heterocycles. The minimum Gasteiger partial charge on any atom is -0.379 e. The van der Waals surface area contributed by atoms with Crippen LogP contribution in [0.2, 0.25) is 20.1 Å². The Bertz CT molecular complexity index is 799. The van der Waals surface area contributed by atoms with Gasteiger partial charge in [0.1, 0.15) is 0 Å². The number of halogens is 4. The van der Waals surface area contributed by atoms with Crippen molar-refractivity contribution in [3.63, 3.8) is 0 Å². The van der Waals surface area contributed by atoms with E-state index in [1.54, 1.807) is 6.07 Å². The van der Waals surface area contributed by atoms with Gasteiger partial charge in [-0.2, -0.15) is 8.42 Å². The third-order valence-corrected chi connectivity index (χ3v) is 5.40. The van der Waals surface area contributed by atoms with Crippen molar-refractivity contribution in [2.75, 3.05) is 5.75 Å². The fourth-order valence-corrected chi connectivity index (χ4v) is 4.35. The second-order valence-electron chi connectivity index (χ2n) is 5.13. The lowest BCUT2D eigenvalue weighted by atomic mass is 10.1. The highest BCUT2D eigenvalue weighted by atomic mass is 35.5. The van der Waals surface area contributed by atoms with Gasteiger partial charge in [-0.05, 0) is 49.1 Å². The topological polar surface area (TPSA) is 43.4 Å². The van der Waals surface area contributed by atoms with Crippen LogP contribution in [-0.2, 0) is 16.5 Å². The summed E-state index contributed by atoms with van der Waals surface area (Å²) < 4.78 is 29.1. The van der Waals surface area contributed by atoms with Crippen molar-refractivity contribution in [3.05, 3.63) is 62.1 Å². The monoisotopic (exact) mass is 426 g/mol. The lowest BCUT2D eigenvalue weighted by Crippen LogP contribution is -2.14. The normalized spacial score (nSPS) is 11.5. The van der Waals surface area contributed by atoms with Crippen LogP contribution >= 0.6 is 46.4 Å². The summed E-state index contributed by atoms with van der Waals surface area (Å²) in [7, 11) is -3.79. The van der Waals surface area contributed by atoms with Crippen LogP contribution in [-0.4, -0.2) is 14.2 Å². The number of hydrogen-bond donors (Lipinski definition) is 0. The smallest absolute Gasteiger partial charge is 0.309 e. The average Bonchev–Trinajstić information content (AvgIpc) is 2.48. The van der Waals surface area contributed by atoms with Crippen LogP contribution in [0.15, 0.2) is 36.4 Å². The van der Waals surface area contributed by atoms with Gasteiger partial charge in [0.2, 0.25) is 0 Å². The molecule has 0 unspecified atom stereocenters. The van der Waals surface area contributed by atoms with Crippen LogP contribution in [0.25, 0.3) is 0 Å². The van der Waals surface area contributed by atoms with Crippen LogP contribution in [0, 0.1) is 0 Å². The Morgan fingerprint density at radius 3 is 2.17 bits per heavy atom. The lowest BCUT2D eigenvalue weighted by molar-refractivity contribution is 0.483. The van der Waals surface area contributed by atoms with Crippen molar-refractivity contribution in [2.45, 2.75) is 19.3 Å². The minimum absolute atomic E-state index is 0.0509. The Morgan fingerprint density at radius 2 is 1.54 bits per heavy atom. The van der Waals surface area contributed by atoms with E-state index in [-0.39, 0.29) is 21.5 Å². The van der Waals surface area contributed by atoms with E-state index < -0.39 is 10.1 Å². The minimum atomic E-state index is -3.79. The summed E-state index contributed by atoms with van der Waals surface area (Å²) in [6.07, 6.45) is 1.86. The molecule has 0 amide bonds. The Kier molecular flexibility index (Phi) is 7.08. The molecule has 0 aliphatic heterocycles. The van der Waals surface area contributed by atoms with Gasteiger partial charge >= 0.3 is 10.1 Å². The summed E-state index contributed by atoms with van der Waals surface area (Å²) in [4.78, 5) is 0. The van der Waals surface area contributed by atoms with Crippen LogP contribution in [0.3, 0.4) is 0 Å². The van der Waals surface area contributed by atoms with Crippen LogP contribution in [0.4, 0.5) is 0 Å². The quantitative estimate of drug-likeness (QED) is 0.400. The average molecular weight is 428 g/mol. The van der Waals surface area contributed by atoms with Gasteiger partial charge in [0.05, 0.1) is 15.8 Å². The van der Waals surface area contributed by atoms with Crippen molar-refractivity contribution in [2.24, 2.45) is 0 Å². The molecule has 3 nitrogen and oxygen atoms in total. The van der Waals surface area contributed by atoms with E-state index in [4.69, 9.17) is 50.6 Å². The molecule has 0 radical (unpaired) electrons. The first-order valence-electron chi connectivity index (χ1n) is 7.08. The maximum absolute atomic E-state index is 12.1. The molecule has 0 spiro atoms. The van der Waals surface area contributed by atoms with E-state index in [2.05, 4.69) is 0 Å². The van der Waals surface area contributed by atoms with Crippen LogP contribution in [0.5, 0.6) is 5.75 Å². The fourth-order valence-electron chi connectivity index (χ4n) is 2.08. The molecule has 0 aliphatic rings. The maximum Gasteiger partial charge on any atom is 0.309 e. The van der Waals surface area contributed by atoms with E-state index in [0.29, 0.717) is 22.9 Å². The fraction of sp³-hybridized carbons (Fsp3) is 0.250. The Hall–Kier alpha value is -0.650. The predicted molar refractivity (Wildman–Crippen MR) is 100 cm³/mol. The molecule has 0 atom stereocenters. The SMILES string of the molecule is O=S(=O)(CCCCc1cccc(Cl)c1)Oc1c(Cl)cc(Cl)cc1Cl. The van der Waals surface area contributed by atoms with Gasteiger partial charge in [0.25, 0.3) is 0 Å². The number of aryl methyl sites for hydroxylation is 1. The zero-order valence-corrected chi connectivity index (χ0v) is 16.3. The second-order valence-corrected chi connectivity index (χ2v) is 8.51. The van der Waals surface area contributed by atoms with Crippen LogP contribution in [0.1, 0.15) is 18.4 Å². The molecule has 0 fully saturated rings. The molecule has 2 aromatic rings. The molecule has 0 saturated heterocycles. The number of unbranched alkanes of at least 4 members (excludes halogenated alkanes) is 1. The van der Waals surface area contributed by atoms with Crippen molar-refractivity contribution >= 4 is 56.5 Å². The summed E-state index contributed by atoms with van der Waals surface area (Å²) in [5, 5.41) is 1.07. The Labute approximate surface area is 161 Å². The van der Waals surface area contributed by atoms with Crippen molar-refractivity contribution in [3.8, 4) is 5.75 Å². The number of rotatable bonds is 7. The van der Waals surface area contributed by atoms with Gasteiger partial charge in [0.15, 0.2) is 5.75 Å². The summed E-state index contributed by atoms with van der Waals surface area (Å²) in [6, 6.07) is 10.2. The largest absolute Gasteiger partial charge is 0.379 e. The van der Waals surface area contributed by atoms with Gasteiger partial charge in [-0.1, -0.05) is 58.5 Å².